The van der Waals surface area contributed by atoms with Crippen LogP contribution >= 0.6 is 0 Å². The molecule has 0 atom stereocenters. The van der Waals surface area contributed by atoms with Crippen molar-refractivity contribution in [2.45, 2.75) is 32.1 Å². The van der Waals surface area contributed by atoms with Crippen molar-refractivity contribution in [3.63, 3.8) is 0 Å². The Bertz CT molecular complexity index is 1490. The zero-order valence-electron chi connectivity index (χ0n) is 24.0. The van der Waals surface area contributed by atoms with E-state index in [-0.39, 0.29) is 28.9 Å². The normalized spacial score (nSPS) is 19.4. The summed E-state index contributed by atoms with van der Waals surface area (Å²) in [6.07, 6.45) is 4.59. The third-order valence-corrected chi connectivity index (χ3v) is 9.20. The molecule has 0 saturated carbocycles. The third-order valence-electron chi connectivity index (χ3n) is 9.20. The summed E-state index contributed by atoms with van der Waals surface area (Å²) in [5.74, 6) is 0.0560. The van der Waals surface area contributed by atoms with Crippen molar-refractivity contribution in [2.24, 2.45) is 11.8 Å². The Morgan fingerprint density at radius 1 is 0.881 bits per heavy atom. The van der Waals surface area contributed by atoms with Gasteiger partial charge in [0.2, 0.25) is 5.91 Å². The zero-order chi connectivity index (χ0) is 29.1. The highest BCUT2D eigenvalue weighted by molar-refractivity contribution is 5.95. The van der Waals surface area contributed by atoms with Crippen molar-refractivity contribution >= 4 is 22.6 Å². The van der Waals surface area contributed by atoms with E-state index in [1.807, 2.05) is 17.0 Å². The van der Waals surface area contributed by atoms with Gasteiger partial charge in [-0.1, -0.05) is 24.3 Å². The standard InChI is InChI=1S/C32H39FN6O3/c33-28-6-5-23(20-29-25-3-1-2-4-26(25)30(40)36-35-29)19-27(28)32(42)39-17-15-38(16-18-39)31(41)24-9-13-37(14-10-24)21-22-7-11-34-12-8-22/h1-6,19,22,24,34H,7-18,20-21H2,(H,36,40). The van der Waals surface area contributed by atoms with Crippen molar-refractivity contribution < 1.29 is 14.0 Å². The maximum Gasteiger partial charge on any atom is 0.272 e. The number of halogens is 1. The first-order valence-corrected chi connectivity index (χ1v) is 15.2. The molecule has 0 radical (unpaired) electrons. The van der Waals surface area contributed by atoms with E-state index in [2.05, 4.69) is 20.4 Å². The number of hydrogen-bond acceptors (Lipinski definition) is 6. The fraction of sp³-hybridized carbons (Fsp3) is 0.500. The molecule has 0 unspecified atom stereocenters. The van der Waals surface area contributed by atoms with Crippen LogP contribution in [0.1, 0.15) is 47.3 Å². The quantitative estimate of drug-likeness (QED) is 0.470. The highest BCUT2D eigenvalue weighted by Crippen LogP contribution is 2.24. The molecular weight excluding hydrogens is 535 g/mol. The molecule has 4 heterocycles. The monoisotopic (exact) mass is 574 g/mol. The number of carbonyl (C=O) groups excluding carboxylic acids is 2. The fourth-order valence-corrected chi connectivity index (χ4v) is 6.70. The van der Waals surface area contributed by atoms with Crippen molar-refractivity contribution in [2.75, 3.05) is 58.9 Å². The molecule has 3 aliphatic heterocycles. The Morgan fingerprint density at radius 3 is 2.31 bits per heavy atom. The number of H-pyrrole nitrogens is 1. The molecule has 0 aliphatic carbocycles. The largest absolute Gasteiger partial charge is 0.339 e. The SMILES string of the molecule is O=C(c1cc(Cc2n[nH]c(=O)c3ccccc23)ccc1F)N1CCN(C(=O)C2CCN(CC3CCNCC3)CC2)CC1. The number of rotatable bonds is 6. The molecule has 3 fully saturated rings. The van der Waals surface area contributed by atoms with Gasteiger partial charge in [-0.15, -0.1) is 0 Å². The maximum atomic E-state index is 14.9. The minimum absolute atomic E-state index is 0.0159. The van der Waals surface area contributed by atoms with Crippen LogP contribution in [0.3, 0.4) is 0 Å². The summed E-state index contributed by atoms with van der Waals surface area (Å²) in [4.78, 5) is 44.8. The Morgan fingerprint density at radius 2 is 1.57 bits per heavy atom. The average Bonchev–Trinajstić information content (AvgIpc) is 3.04. The van der Waals surface area contributed by atoms with E-state index >= 15 is 0 Å². The van der Waals surface area contributed by atoms with Gasteiger partial charge in [0.25, 0.3) is 11.5 Å². The number of fused-ring (bicyclic) bond motifs is 1. The second kappa shape index (κ2) is 12.7. The predicted octanol–water partition coefficient (Wildman–Crippen LogP) is 2.65. The molecule has 42 heavy (non-hydrogen) atoms. The Balaban J connectivity index is 1.04. The molecule has 222 valence electrons. The molecular formula is C32H39FN6O3. The Hall–Kier alpha value is -3.63. The molecule has 10 heteroatoms. The lowest BCUT2D eigenvalue weighted by Crippen LogP contribution is -2.53. The van der Waals surface area contributed by atoms with Gasteiger partial charge in [-0.2, -0.15) is 5.10 Å². The predicted molar refractivity (Wildman–Crippen MR) is 159 cm³/mol. The number of benzene rings is 2. The number of nitrogens with one attached hydrogen (secondary N) is 2. The van der Waals surface area contributed by atoms with E-state index in [1.54, 1.807) is 29.2 Å². The number of nitrogens with zero attached hydrogens (tertiary/aromatic N) is 4. The zero-order valence-corrected chi connectivity index (χ0v) is 24.0. The fourth-order valence-electron chi connectivity index (χ4n) is 6.70. The lowest BCUT2D eigenvalue weighted by Gasteiger charge is -2.39. The maximum absolute atomic E-state index is 14.9. The first-order chi connectivity index (χ1) is 20.5. The topological polar surface area (TPSA) is 102 Å². The van der Waals surface area contributed by atoms with Gasteiger partial charge in [-0.05, 0) is 81.5 Å². The van der Waals surface area contributed by atoms with Gasteiger partial charge in [-0.3, -0.25) is 14.4 Å². The van der Waals surface area contributed by atoms with Crippen LogP contribution in [0, 0.1) is 17.7 Å². The smallest absolute Gasteiger partial charge is 0.272 e. The summed E-state index contributed by atoms with van der Waals surface area (Å²) in [5, 5.41) is 11.4. The number of amides is 2. The Kier molecular flexibility index (Phi) is 8.62. The molecule has 0 bridgehead atoms. The van der Waals surface area contributed by atoms with Crippen LogP contribution in [0.5, 0.6) is 0 Å². The van der Waals surface area contributed by atoms with Gasteiger partial charge >= 0.3 is 0 Å². The average molecular weight is 575 g/mol. The van der Waals surface area contributed by atoms with E-state index in [4.69, 9.17) is 0 Å². The molecule has 1 aromatic heterocycles. The van der Waals surface area contributed by atoms with Crippen LogP contribution in [-0.4, -0.2) is 95.6 Å². The lowest BCUT2D eigenvalue weighted by atomic mass is 9.92. The van der Waals surface area contributed by atoms with Crippen LogP contribution < -0.4 is 10.9 Å². The summed E-state index contributed by atoms with van der Waals surface area (Å²) < 4.78 is 14.9. The van der Waals surface area contributed by atoms with Gasteiger partial charge in [0, 0.05) is 50.4 Å². The van der Waals surface area contributed by atoms with Gasteiger partial charge in [0.05, 0.1) is 16.6 Å². The summed E-state index contributed by atoms with van der Waals surface area (Å²) in [6.45, 7) is 7.00. The number of hydrogen-bond donors (Lipinski definition) is 2. The molecule has 2 aromatic carbocycles. The Labute approximate surface area is 245 Å². The van der Waals surface area contributed by atoms with Crippen molar-refractivity contribution in [3.8, 4) is 0 Å². The first-order valence-electron chi connectivity index (χ1n) is 15.2. The van der Waals surface area contributed by atoms with Crippen LogP contribution in [0.2, 0.25) is 0 Å². The van der Waals surface area contributed by atoms with Crippen LogP contribution in [-0.2, 0) is 11.2 Å². The van der Waals surface area contributed by atoms with E-state index in [0.717, 1.165) is 62.4 Å². The summed E-state index contributed by atoms with van der Waals surface area (Å²) in [6, 6.07) is 11.7. The lowest BCUT2D eigenvalue weighted by molar-refractivity contribution is -0.138. The molecule has 9 nitrogen and oxygen atoms in total. The molecule has 2 amide bonds. The van der Waals surface area contributed by atoms with Crippen LogP contribution in [0.4, 0.5) is 4.39 Å². The molecule has 3 saturated heterocycles. The minimum atomic E-state index is -0.571. The van der Waals surface area contributed by atoms with E-state index in [1.165, 1.54) is 18.9 Å². The summed E-state index contributed by atoms with van der Waals surface area (Å²) in [5.41, 5.74) is 1.13. The molecule has 0 spiro atoms. The number of piperidine rings is 2. The summed E-state index contributed by atoms with van der Waals surface area (Å²) >= 11 is 0. The van der Waals surface area contributed by atoms with E-state index < -0.39 is 5.82 Å². The summed E-state index contributed by atoms with van der Waals surface area (Å²) in [7, 11) is 0. The van der Waals surface area contributed by atoms with Crippen molar-refractivity contribution in [3.05, 3.63) is 75.5 Å². The van der Waals surface area contributed by atoms with Crippen LogP contribution in [0.25, 0.3) is 10.8 Å². The molecule has 6 rings (SSSR count). The van der Waals surface area contributed by atoms with E-state index in [9.17, 15) is 18.8 Å². The minimum Gasteiger partial charge on any atom is -0.339 e. The van der Waals surface area contributed by atoms with Crippen LogP contribution in [0.15, 0.2) is 47.3 Å². The number of carbonyl (C=O) groups is 2. The van der Waals surface area contributed by atoms with Crippen molar-refractivity contribution in [1.82, 2.24) is 30.2 Å². The van der Waals surface area contributed by atoms with Gasteiger partial charge in [-0.25, -0.2) is 9.49 Å². The first kappa shape index (κ1) is 28.5. The number of likely N-dealkylation sites (tertiary alicyclic amines) is 1. The highest BCUT2D eigenvalue weighted by atomic mass is 19.1. The van der Waals surface area contributed by atoms with E-state index in [0.29, 0.717) is 43.7 Å². The molecule has 3 aromatic rings. The number of aromatic amines is 1. The second-order valence-corrected chi connectivity index (χ2v) is 11.9. The number of aromatic nitrogens is 2. The molecule has 2 N–H and O–H groups in total. The number of piperazine rings is 1. The molecule has 3 aliphatic rings. The third kappa shape index (κ3) is 6.24. The van der Waals surface area contributed by atoms with Gasteiger partial charge < -0.3 is 20.0 Å². The second-order valence-electron chi connectivity index (χ2n) is 11.9. The highest BCUT2D eigenvalue weighted by Gasteiger charge is 2.32. The van der Waals surface area contributed by atoms with Gasteiger partial charge in [0.1, 0.15) is 5.82 Å². The van der Waals surface area contributed by atoms with Crippen molar-refractivity contribution in [1.29, 1.82) is 0 Å². The van der Waals surface area contributed by atoms with Gasteiger partial charge in [0.15, 0.2) is 0 Å².